The molecule has 0 aliphatic heterocycles. The maximum Gasteiger partial charge on any atom is 0.263 e. The highest BCUT2D eigenvalue weighted by molar-refractivity contribution is 5.91. The van der Waals surface area contributed by atoms with Gasteiger partial charge in [0.05, 0.1) is 11.2 Å². The number of nitrogens with zero attached hydrogens (tertiary/aromatic N) is 3. The van der Waals surface area contributed by atoms with Crippen LogP contribution in [0.25, 0.3) is 16.7 Å². The fraction of sp³-hybridized carbons (Fsp3) is 0.240. The molecule has 0 spiro atoms. The van der Waals surface area contributed by atoms with Crippen molar-refractivity contribution in [2.24, 2.45) is 0 Å². The van der Waals surface area contributed by atoms with Gasteiger partial charge in [0.25, 0.3) is 5.91 Å². The molecule has 2 aromatic heterocycles. The van der Waals surface area contributed by atoms with Crippen LogP contribution >= 0.6 is 0 Å². The molecule has 0 unspecified atom stereocenters. The predicted octanol–water partition coefficient (Wildman–Crippen LogP) is 5.18. The molecule has 0 fully saturated rings. The Morgan fingerprint density at radius 3 is 2.68 bits per heavy atom. The van der Waals surface area contributed by atoms with Crippen LogP contribution in [0, 0.1) is 13.8 Å². The van der Waals surface area contributed by atoms with Crippen molar-refractivity contribution < 1.29 is 9.53 Å². The molecule has 4 rings (SSSR count). The number of carbonyl (C=O) groups is 1. The van der Waals surface area contributed by atoms with Crippen molar-refractivity contribution in [3.63, 3.8) is 0 Å². The SMILES string of the molecule is Cc1ccc(C(C)C)c(OCC(=O)Nc2cc(C)nn2-c2ccc3ccccc3n2)c1. The number of aryl methyl sites for hydroxylation is 2. The zero-order valence-corrected chi connectivity index (χ0v) is 18.2. The van der Waals surface area contributed by atoms with Crippen LogP contribution in [0.3, 0.4) is 0 Å². The molecular weight excluding hydrogens is 388 g/mol. The van der Waals surface area contributed by atoms with E-state index in [4.69, 9.17) is 4.74 Å². The summed E-state index contributed by atoms with van der Waals surface area (Å²) in [4.78, 5) is 17.3. The molecular formula is C25H26N4O2. The highest BCUT2D eigenvalue weighted by Gasteiger charge is 2.14. The Morgan fingerprint density at radius 1 is 1.06 bits per heavy atom. The Labute approximate surface area is 181 Å². The number of pyridine rings is 1. The minimum Gasteiger partial charge on any atom is -0.483 e. The van der Waals surface area contributed by atoms with Crippen LogP contribution < -0.4 is 10.1 Å². The van der Waals surface area contributed by atoms with Crippen LogP contribution in [0.2, 0.25) is 0 Å². The summed E-state index contributed by atoms with van der Waals surface area (Å²) in [5.41, 5.74) is 3.83. The van der Waals surface area contributed by atoms with Crippen molar-refractivity contribution in [1.29, 1.82) is 0 Å². The van der Waals surface area contributed by atoms with Gasteiger partial charge >= 0.3 is 0 Å². The van der Waals surface area contributed by atoms with E-state index in [-0.39, 0.29) is 12.5 Å². The second-order valence-corrected chi connectivity index (χ2v) is 7.98. The third-order valence-electron chi connectivity index (χ3n) is 5.05. The summed E-state index contributed by atoms with van der Waals surface area (Å²) in [6.45, 7) is 8.02. The Morgan fingerprint density at radius 2 is 1.87 bits per heavy atom. The first-order valence-corrected chi connectivity index (χ1v) is 10.4. The average Bonchev–Trinajstić information content (AvgIpc) is 3.11. The molecule has 0 aliphatic rings. The maximum absolute atomic E-state index is 12.7. The lowest BCUT2D eigenvalue weighted by Gasteiger charge is -2.15. The van der Waals surface area contributed by atoms with Gasteiger partial charge in [-0.05, 0) is 55.2 Å². The first kappa shape index (κ1) is 20.6. The van der Waals surface area contributed by atoms with Crippen molar-refractivity contribution in [1.82, 2.24) is 14.8 Å². The Balaban J connectivity index is 1.52. The number of fused-ring (bicyclic) bond motifs is 1. The summed E-state index contributed by atoms with van der Waals surface area (Å²) < 4.78 is 7.51. The Kier molecular flexibility index (Phi) is 5.71. The zero-order chi connectivity index (χ0) is 22.0. The molecule has 31 heavy (non-hydrogen) atoms. The van der Waals surface area contributed by atoms with Crippen molar-refractivity contribution in [3.05, 3.63) is 77.5 Å². The van der Waals surface area contributed by atoms with Gasteiger partial charge in [0, 0.05) is 11.5 Å². The number of nitrogens with one attached hydrogen (secondary N) is 1. The van der Waals surface area contributed by atoms with Crippen molar-refractivity contribution in [2.45, 2.75) is 33.6 Å². The molecule has 0 atom stereocenters. The van der Waals surface area contributed by atoms with E-state index in [2.05, 4.69) is 41.4 Å². The van der Waals surface area contributed by atoms with E-state index in [0.717, 1.165) is 33.5 Å². The number of rotatable bonds is 6. The van der Waals surface area contributed by atoms with E-state index in [1.807, 2.05) is 62.4 Å². The monoisotopic (exact) mass is 414 g/mol. The zero-order valence-electron chi connectivity index (χ0n) is 18.2. The Hall–Kier alpha value is -3.67. The average molecular weight is 415 g/mol. The number of amides is 1. The fourth-order valence-electron chi connectivity index (χ4n) is 3.50. The summed E-state index contributed by atoms with van der Waals surface area (Å²) in [5, 5.41) is 8.46. The predicted molar refractivity (Wildman–Crippen MR) is 123 cm³/mol. The molecule has 0 bridgehead atoms. The number of benzene rings is 2. The third kappa shape index (κ3) is 4.58. The number of ether oxygens (including phenoxy) is 1. The van der Waals surface area contributed by atoms with Gasteiger partial charge in [-0.25, -0.2) is 4.98 Å². The van der Waals surface area contributed by atoms with Gasteiger partial charge < -0.3 is 10.1 Å². The van der Waals surface area contributed by atoms with E-state index >= 15 is 0 Å². The van der Waals surface area contributed by atoms with E-state index in [1.165, 1.54) is 0 Å². The smallest absolute Gasteiger partial charge is 0.263 e. The minimum atomic E-state index is -0.252. The van der Waals surface area contributed by atoms with Crippen molar-refractivity contribution >= 4 is 22.6 Å². The Bertz CT molecular complexity index is 1240. The van der Waals surface area contributed by atoms with Gasteiger partial charge in [0.1, 0.15) is 11.6 Å². The van der Waals surface area contributed by atoms with Gasteiger partial charge in [0.2, 0.25) is 0 Å². The van der Waals surface area contributed by atoms with Crippen molar-refractivity contribution in [2.75, 3.05) is 11.9 Å². The summed E-state index contributed by atoms with van der Waals surface area (Å²) in [5.74, 6) is 2.00. The van der Waals surface area contributed by atoms with Crippen molar-refractivity contribution in [3.8, 4) is 11.6 Å². The molecule has 6 heteroatoms. The first-order valence-electron chi connectivity index (χ1n) is 10.4. The molecule has 6 nitrogen and oxygen atoms in total. The van der Waals surface area contributed by atoms with Gasteiger partial charge in [-0.1, -0.05) is 44.2 Å². The van der Waals surface area contributed by atoms with E-state index in [1.54, 1.807) is 4.68 Å². The second-order valence-electron chi connectivity index (χ2n) is 7.98. The molecule has 2 aromatic carbocycles. The molecule has 1 N–H and O–H groups in total. The standard InChI is InChI=1S/C25H26N4O2/c1-16(2)20-11-9-17(3)13-22(20)31-15-25(30)27-24-14-18(4)28-29(24)23-12-10-19-7-5-6-8-21(19)26-23/h5-14,16H,15H2,1-4H3,(H,27,30). The van der Waals surface area contributed by atoms with E-state index in [9.17, 15) is 4.79 Å². The van der Waals surface area contributed by atoms with Crippen LogP contribution in [0.5, 0.6) is 5.75 Å². The normalized spacial score (nSPS) is 11.1. The lowest BCUT2D eigenvalue weighted by atomic mass is 10.0. The topological polar surface area (TPSA) is 69.0 Å². The van der Waals surface area contributed by atoms with Crippen LogP contribution in [0.4, 0.5) is 5.82 Å². The summed E-state index contributed by atoms with van der Waals surface area (Å²) >= 11 is 0. The van der Waals surface area contributed by atoms with Gasteiger partial charge in [0.15, 0.2) is 12.4 Å². The number of anilines is 1. The summed E-state index contributed by atoms with van der Waals surface area (Å²) in [6.07, 6.45) is 0. The molecule has 4 aromatic rings. The number of hydrogen-bond donors (Lipinski definition) is 1. The van der Waals surface area contributed by atoms with Crippen LogP contribution in [0.15, 0.2) is 60.7 Å². The number of para-hydroxylation sites is 1. The molecule has 1 amide bonds. The minimum absolute atomic E-state index is 0.0848. The van der Waals surface area contributed by atoms with Crippen LogP contribution in [-0.2, 0) is 4.79 Å². The third-order valence-corrected chi connectivity index (χ3v) is 5.05. The van der Waals surface area contributed by atoms with Crippen LogP contribution in [-0.4, -0.2) is 27.3 Å². The quantitative estimate of drug-likeness (QED) is 0.472. The number of carbonyl (C=O) groups excluding carboxylic acids is 1. The fourth-order valence-corrected chi connectivity index (χ4v) is 3.50. The number of aromatic nitrogens is 3. The molecule has 0 saturated carbocycles. The lowest BCUT2D eigenvalue weighted by molar-refractivity contribution is -0.118. The first-order chi connectivity index (χ1) is 14.9. The molecule has 2 heterocycles. The van der Waals surface area contributed by atoms with Crippen LogP contribution in [0.1, 0.15) is 36.6 Å². The maximum atomic E-state index is 12.7. The van der Waals surface area contributed by atoms with E-state index < -0.39 is 0 Å². The van der Waals surface area contributed by atoms with E-state index in [0.29, 0.717) is 17.6 Å². The molecule has 0 radical (unpaired) electrons. The summed E-state index contributed by atoms with van der Waals surface area (Å²) in [6, 6.07) is 19.7. The molecule has 0 saturated heterocycles. The number of hydrogen-bond acceptors (Lipinski definition) is 4. The molecule has 158 valence electrons. The van der Waals surface area contributed by atoms with Gasteiger partial charge in [-0.3, -0.25) is 4.79 Å². The molecule has 0 aliphatic carbocycles. The largest absolute Gasteiger partial charge is 0.483 e. The van der Waals surface area contributed by atoms with Gasteiger partial charge in [-0.15, -0.1) is 0 Å². The second kappa shape index (κ2) is 8.60. The summed E-state index contributed by atoms with van der Waals surface area (Å²) in [7, 11) is 0. The lowest BCUT2D eigenvalue weighted by Crippen LogP contribution is -2.22. The highest BCUT2D eigenvalue weighted by Crippen LogP contribution is 2.27. The highest BCUT2D eigenvalue weighted by atomic mass is 16.5. The van der Waals surface area contributed by atoms with Gasteiger partial charge in [-0.2, -0.15) is 9.78 Å².